The molecule has 0 bridgehead atoms. The predicted octanol–water partition coefficient (Wildman–Crippen LogP) is 2.48. The molecule has 0 atom stereocenters. The van der Waals surface area contributed by atoms with Gasteiger partial charge in [0.2, 0.25) is 0 Å². The number of aryl methyl sites for hydroxylation is 1. The van der Waals surface area contributed by atoms with E-state index in [4.69, 9.17) is 5.21 Å². The van der Waals surface area contributed by atoms with Gasteiger partial charge in [-0.25, -0.2) is 8.78 Å². The molecular formula is C10H9F2NO. The number of oxime groups is 1. The summed E-state index contributed by atoms with van der Waals surface area (Å²) in [5, 5.41) is 11.8. The molecule has 0 heterocycles. The summed E-state index contributed by atoms with van der Waals surface area (Å²) in [5.41, 5.74) is 1.67. The summed E-state index contributed by atoms with van der Waals surface area (Å²) < 4.78 is 25.8. The fourth-order valence-corrected chi connectivity index (χ4v) is 1.75. The minimum atomic E-state index is -0.896. The van der Waals surface area contributed by atoms with Gasteiger partial charge in [0, 0.05) is 5.56 Å². The first-order valence-electron chi connectivity index (χ1n) is 4.41. The van der Waals surface area contributed by atoms with Gasteiger partial charge in [0.1, 0.15) is 0 Å². The average molecular weight is 197 g/mol. The van der Waals surface area contributed by atoms with Crippen molar-refractivity contribution in [3.8, 4) is 0 Å². The standard InChI is InChI=1S/C10H9F2NO/c11-8-4-6-2-1-3-10(13-14)7(6)5-9(8)12/h4-5,14H,1-3H2/b13-10+. The van der Waals surface area contributed by atoms with Crippen molar-refractivity contribution in [1.29, 1.82) is 0 Å². The van der Waals surface area contributed by atoms with E-state index in [1.165, 1.54) is 6.07 Å². The summed E-state index contributed by atoms with van der Waals surface area (Å²) in [5.74, 6) is -1.74. The smallest absolute Gasteiger partial charge is 0.159 e. The molecular weight excluding hydrogens is 188 g/mol. The van der Waals surface area contributed by atoms with Crippen LogP contribution in [0.4, 0.5) is 8.78 Å². The maximum absolute atomic E-state index is 12.9. The lowest BCUT2D eigenvalue weighted by Crippen LogP contribution is -2.13. The van der Waals surface area contributed by atoms with Crippen LogP contribution in [0.1, 0.15) is 24.0 Å². The van der Waals surface area contributed by atoms with Gasteiger partial charge in [0.05, 0.1) is 5.71 Å². The van der Waals surface area contributed by atoms with Crippen molar-refractivity contribution in [2.45, 2.75) is 19.3 Å². The molecule has 0 saturated carbocycles. The van der Waals surface area contributed by atoms with Crippen LogP contribution in [0.3, 0.4) is 0 Å². The maximum atomic E-state index is 12.9. The van der Waals surface area contributed by atoms with Gasteiger partial charge in [-0.05, 0) is 37.0 Å². The molecule has 1 aliphatic carbocycles. The Morgan fingerprint density at radius 3 is 2.57 bits per heavy atom. The molecule has 14 heavy (non-hydrogen) atoms. The van der Waals surface area contributed by atoms with Crippen molar-refractivity contribution >= 4 is 5.71 Å². The van der Waals surface area contributed by atoms with Crippen molar-refractivity contribution in [2.75, 3.05) is 0 Å². The van der Waals surface area contributed by atoms with Crippen LogP contribution in [0.15, 0.2) is 17.3 Å². The van der Waals surface area contributed by atoms with Crippen molar-refractivity contribution in [2.24, 2.45) is 5.16 Å². The molecule has 2 nitrogen and oxygen atoms in total. The zero-order valence-electron chi connectivity index (χ0n) is 7.43. The van der Waals surface area contributed by atoms with E-state index >= 15 is 0 Å². The largest absolute Gasteiger partial charge is 0.411 e. The molecule has 1 aliphatic rings. The molecule has 0 unspecified atom stereocenters. The predicted molar refractivity (Wildman–Crippen MR) is 47.6 cm³/mol. The Kier molecular flexibility index (Phi) is 2.19. The van der Waals surface area contributed by atoms with E-state index in [9.17, 15) is 8.78 Å². The Bertz CT molecular complexity index is 401. The van der Waals surface area contributed by atoms with Gasteiger partial charge in [-0.1, -0.05) is 5.16 Å². The molecule has 0 fully saturated rings. The third kappa shape index (κ3) is 1.36. The van der Waals surface area contributed by atoms with Crippen LogP contribution in [0.5, 0.6) is 0 Å². The van der Waals surface area contributed by atoms with E-state index in [-0.39, 0.29) is 0 Å². The lowest BCUT2D eigenvalue weighted by atomic mass is 9.90. The number of benzene rings is 1. The molecule has 0 radical (unpaired) electrons. The van der Waals surface area contributed by atoms with Crippen LogP contribution in [0, 0.1) is 11.6 Å². The van der Waals surface area contributed by atoms with Crippen LogP contribution < -0.4 is 0 Å². The van der Waals surface area contributed by atoms with Crippen LogP contribution in [0.25, 0.3) is 0 Å². The first-order chi connectivity index (χ1) is 6.72. The highest BCUT2D eigenvalue weighted by Crippen LogP contribution is 2.24. The number of nitrogens with zero attached hydrogens (tertiary/aromatic N) is 1. The third-order valence-corrected chi connectivity index (χ3v) is 2.44. The summed E-state index contributed by atoms with van der Waals surface area (Å²) >= 11 is 0. The zero-order valence-corrected chi connectivity index (χ0v) is 7.43. The Labute approximate surface area is 79.9 Å². The van der Waals surface area contributed by atoms with Gasteiger partial charge < -0.3 is 5.21 Å². The number of hydrogen-bond acceptors (Lipinski definition) is 2. The van der Waals surface area contributed by atoms with Gasteiger partial charge in [-0.3, -0.25) is 0 Å². The van der Waals surface area contributed by atoms with Crippen molar-refractivity contribution in [3.63, 3.8) is 0 Å². The highest BCUT2D eigenvalue weighted by molar-refractivity contribution is 6.02. The van der Waals surface area contributed by atoms with E-state index in [0.717, 1.165) is 12.5 Å². The van der Waals surface area contributed by atoms with Crippen molar-refractivity contribution < 1.29 is 14.0 Å². The molecule has 1 aromatic rings. The SMILES string of the molecule is O/N=C1\CCCc2cc(F)c(F)cc21. The molecule has 74 valence electrons. The second-order valence-corrected chi connectivity index (χ2v) is 3.32. The fourth-order valence-electron chi connectivity index (χ4n) is 1.75. The van der Waals surface area contributed by atoms with Gasteiger partial charge in [0.25, 0.3) is 0 Å². The second-order valence-electron chi connectivity index (χ2n) is 3.32. The number of fused-ring (bicyclic) bond motifs is 1. The van der Waals surface area contributed by atoms with Crippen molar-refractivity contribution in [3.05, 3.63) is 34.9 Å². The van der Waals surface area contributed by atoms with Gasteiger partial charge >= 0.3 is 0 Å². The molecule has 1 N–H and O–H groups in total. The highest BCUT2D eigenvalue weighted by Gasteiger charge is 2.18. The summed E-state index contributed by atoms with van der Waals surface area (Å²) in [4.78, 5) is 0. The van der Waals surface area contributed by atoms with Crippen LogP contribution in [-0.4, -0.2) is 10.9 Å². The molecule has 0 aromatic heterocycles. The quantitative estimate of drug-likeness (QED) is 0.503. The second kappa shape index (κ2) is 3.36. The number of hydrogen-bond donors (Lipinski definition) is 1. The molecule has 0 spiro atoms. The lowest BCUT2D eigenvalue weighted by molar-refractivity contribution is 0.317. The van der Waals surface area contributed by atoms with Crippen LogP contribution in [-0.2, 0) is 6.42 Å². The Morgan fingerprint density at radius 1 is 1.14 bits per heavy atom. The summed E-state index contributed by atoms with van der Waals surface area (Å²) in [7, 11) is 0. The van der Waals surface area contributed by atoms with E-state index in [0.29, 0.717) is 29.7 Å². The Balaban J connectivity index is 2.58. The van der Waals surface area contributed by atoms with Crippen LogP contribution >= 0.6 is 0 Å². The van der Waals surface area contributed by atoms with Gasteiger partial charge in [-0.15, -0.1) is 0 Å². The van der Waals surface area contributed by atoms with Crippen LogP contribution in [0.2, 0.25) is 0 Å². The zero-order chi connectivity index (χ0) is 10.1. The molecule has 0 amide bonds. The Morgan fingerprint density at radius 2 is 1.86 bits per heavy atom. The molecule has 0 aliphatic heterocycles. The molecule has 2 rings (SSSR count). The average Bonchev–Trinajstić information content (AvgIpc) is 2.19. The molecule has 0 saturated heterocycles. The summed E-state index contributed by atoms with van der Waals surface area (Å²) in [6, 6.07) is 2.27. The van der Waals surface area contributed by atoms with E-state index in [2.05, 4.69) is 5.16 Å². The lowest BCUT2D eigenvalue weighted by Gasteiger charge is -2.16. The van der Waals surface area contributed by atoms with Gasteiger partial charge in [-0.2, -0.15) is 0 Å². The van der Waals surface area contributed by atoms with Crippen molar-refractivity contribution in [1.82, 2.24) is 0 Å². The molecule has 1 aromatic carbocycles. The third-order valence-electron chi connectivity index (χ3n) is 2.44. The fraction of sp³-hybridized carbons (Fsp3) is 0.300. The Hall–Kier alpha value is -1.45. The van der Waals surface area contributed by atoms with E-state index in [1.807, 2.05) is 0 Å². The summed E-state index contributed by atoms with van der Waals surface area (Å²) in [6.45, 7) is 0. The minimum Gasteiger partial charge on any atom is -0.411 e. The normalized spacial score (nSPS) is 18.3. The van der Waals surface area contributed by atoms with E-state index in [1.54, 1.807) is 0 Å². The topological polar surface area (TPSA) is 32.6 Å². The monoisotopic (exact) mass is 197 g/mol. The number of halogens is 2. The maximum Gasteiger partial charge on any atom is 0.159 e. The first-order valence-corrected chi connectivity index (χ1v) is 4.41. The molecule has 4 heteroatoms. The van der Waals surface area contributed by atoms with Gasteiger partial charge in [0.15, 0.2) is 11.6 Å². The highest BCUT2D eigenvalue weighted by atomic mass is 19.2. The number of rotatable bonds is 0. The first kappa shape index (κ1) is 9.12. The minimum absolute atomic E-state index is 0.435. The summed E-state index contributed by atoms with van der Waals surface area (Å²) in [6.07, 6.45) is 2.11. The van der Waals surface area contributed by atoms with E-state index < -0.39 is 11.6 Å².